The average Bonchev–Trinajstić information content (AvgIpc) is 2.46. The molecule has 1 aliphatic carbocycles. The molecule has 88 valence electrons. The van der Waals surface area contributed by atoms with Crippen LogP contribution in [0.5, 0.6) is 0 Å². The Labute approximate surface area is 106 Å². The van der Waals surface area contributed by atoms with Crippen molar-refractivity contribution in [3.05, 3.63) is 33.8 Å². The Morgan fingerprint density at radius 2 is 1.88 bits per heavy atom. The minimum atomic E-state index is -0.852. The molecule has 0 bridgehead atoms. The van der Waals surface area contributed by atoms with Crippen molar-refractivity contribution < 1.29 is 5.11 Å². The van der Waals surface area contributed by atoms with E-state index in [1.165, 1.54) is 0 Å². The summed E-state index contributed by atoms with van der Waals surface area (Å²) in [6.07, 6.45) is 2.78. The molecule has 1 unspecified atom stereocenters. The Hall–Kier alpha value is -0.240. The smallest absolute Gasteiger partial charge is 0.0962 e. The minimum Gasteiger partial charge on any atom is -0.385 e. The van der Waals surface area contributed by atoms with Crippen LogP contribution in [0, 0.1) is 5.41 Å². The van der Waals surface area contributed by atoms with Gasteiger partial charge in [-0.3, -0.25) is 0 Å². The van der Waals surface area contributed by atoms with E-state index in [9.17, 15) is 5.11 Å². The summed E-state index contributed by atoms with van der Waals surface area (Å²) >= 11 is 12.2. The van der Waals surface area contributed by atoms with Gasteiger partial charge >= 0.3 is 0 Å². The van der Waals surface area contributed by atoms with Crippen molar-refractivity contribution in [3.63, 3.8) is 0 Å². The van der Waals surface area contributed by atoms with Gasteiger partial charge in [0.05, 0.1) is 5.60 Å². The average molecular weight is 259 g/mol. The van der Waals surface area contributed by atoms with Crippen LogP contribution in [0.4, 0.5) is 0 Å². The molecule has 1 N–H and O–H groups in total. The summed E-state index contributed by atoms with van der Waals surface area (Å²) in [7, 11) is 0. The highest BCUT2D eigenvalue weighted by molar-refractivity contribution is 6.33. The lowest BCUT2D eigenvalue weighted by molar-refractivity contribution is -0.0484. The van der Waals surface area contributed by atoms with Gasteiger partial charge in [0.1, 0.15) is 0 Å². The lowest BCUT2D eigenvalue weighted by atomic mass is 9.73. The SMILES string of the molecule is CC1(C)CCCC1(O)c1cc(Cl)ccc1Cl. The molecule has 1 fully saturated rings. The first-order valence-electron chi connectivity index (χ1n) is 5.55. The normalized spacial score (nSPS) is 28.3. The number of hydrogen-bond donors (Lipinski definition) is 1. The second-order valence-corrected chi connectivity index (χ2v) is 6.07. The fourth-order valence-corrected chi connectivity index (χ4v) is 3.09. The van der Waals surface area contributed by atoms with E-state index >= 15 is 0 Å². The Balaban J connectivity index is 2.55. The van der Waals surface area contributed by atoms with Crippen LogP contribution in [0.15, 0.2) is 18.2 Å². The molecule has 0 spiro atoms. The standard InChI is InChI=1S/C13H16Cl2O/c1-12(2)6-3-7-13(12,16)10-8-9(14)4-5-11(10)15/h4-5,8,16H,3,6-7H2,1-2H3. The van der Waals surface area contributed by atoms with Gasteiger partial charge in [-0.15, -0.1) is 0 Å². The summed E-state index contributed by atoms with van der Waals surface area (Å²) in [5, 5.41) is 12.1. The third-order valence-electron chi connectivity index (χ3n) is 3.83. The van der Waals surface area contributed by atoms with Crippen LogP contribution in [0.3, 0.4) is 0 Å². The first-order valence-corrected chi connectivity index (χ1v) is 6.30. The Morgan fingerprint density at radius 3 is 2.44 bits per heavy atom. The van der Waals surface area contributed by atoms with Gasteiger partial charge in [-0.2, -0.15) is 0 Å². The van der Waals surface area contributed by atoms with E-state index in [0.29, 0.717) is 10.0 Å². The van der Waals surface area contributed by atoms with E-state index in [4.69, 9.17) is 23.2 Å². The maximum Gasteiger partial charge on any atom is 0.0962 e. The van der Waals surface area contributed by atoms with E-state index in [-0.39, 0.29) is 5.41 Å². The van der Waals surface area contributed by atoms with Gasteiger partial charge in [0, 0.05) is 15.6 Å². The number of benzene rings is 1. The zero-order valence-corrected chi connectivity index (χ0v) is 11.1. The fourth-order valence-electron chi connectivity index (χ4n) is 2.65. The van der Waals surface area contributed by atoms with Crippen molar-refractivity contribution in [3.8, 4) is 0 Å². The number of aliphatic hydroxyl groups is 1. The largest absolute Gasteiger partial charge is 0.385 e. The van der Waals surface area contributed by atoms with Gasteiger partial charge in [0.2, 0.25) is 0 Å². The first-order chi connectivity index (χ1) is 7.37. The molecule has 0 heterocycles. The molecule has 0 aliphatic heterocycles. The molecule has 1 aromatic rings. The molecular weight excluding hydrogens is 243 g/mol. The van der Waals surface area contributed by atoms with Crippen LogP contribution in [-0.4, -0.2) is 5.11 Å². The van der Waals surface area contributed by atoms with E-state index in [1.54, 1.807) is 18.2 Å². The Bertz CT molecular complexity index is 414. The quantitative estimate of drug-likeness (QED) is 0.792. The molecule has 1 aromatic carbocycles. The van der Waals surface area contributed by atoms with Crippen molar-refractivity contribution in [2.24, 2.45) is 5.41 Å². The predicted molar refractivity (Wildman–Crippen MR) is 68.0 cm³/mol. The zero-order valence-electron chi connectivity index (χ0n) is 9.56. The lowest BCUT2D eigenvalue weighted by Gasteiger charge is -2.37. The summed E-state index contributed by atoms with van der Waals surface area (Å²) in [6.45, 7) is 4.16. The van der Waals surface area contributed by atoms with E-state index in [0.717, 1.165) is 24.8 Å². The molecule has 1 saturated carbocycles. The van der Waals surface area contributed by atoms with Crippen molar-refractivity contribution in [2.75, 3.05) is 0 Å². The maximum atomic E-state index is 10.9. The van der Waals surface area contributed by atoms with Crippen LogP contribution in [0.25, 0.3) is 0 Å². The van der Waals surface area contributed by atoms with Gasteiger partial charge in [0.15, 0.2) is 0 Å². The van der Waals surface area contributed by atoms with Crippen molar-refractivity contribution in [1.29, 1.82) is 0 Å². The van der Waals surface area contributed by atoms with Crippen LogP contribution < -0.4 is 0 Å². The molecule has 1 aliphatic rings. The molecule has 1 nitrogen and oxygen atoms in total. The molecule has 1 atom stereocenters. The topological polar surface area (TPSA) is 20.2 Å². The van der Waals surface area contributed by atoms with Crippen molar-refractivity contribution >= 4 is 23.2 Å². The van der Waals surface area contributed by atoms with E-state index in [1.807, 2.05) is 0 Å². The number of hydrogen-bond acceptors (Lipinski definition) is 1. The Morgan fingerprint density at radius 1 is 1.19 bits per heavy atom. The van der Waals surface area contributed by atoms with Gasteiger partial charge < -0.3 is 5.11 Å². The van der Waals surface area contributed by atoms with Crippen LogP contribution in [-0.2, 0) is 5.60 Å². The molecule has 0 radical (unpaired) electrons. The predicted octanol–water partition coefficient (Wildman–Crippen LogP) is 4.39. The van der Waals surface area contributed by atoms with E-state index < -0.39 is 5.60 Å². The van der Waals surface area contributed by atoms with Crippen molar-refractivity contribution in [2.45, 2.75) is 38.7 Å². The Kier molecular flexibility index (Phi) is 2.98. The number of rotatable bonds is 1. The third-order valence-corrected chi connectivity index (χ3v) is 4.40. The summed E-state index contributed by atoms with van der Waals surface area (Å²) in [5.74, 6) is 0. The summed E-state index contributed by atoms with van der Waals surface area (Å²) in [5.41, 5.74) is -0.236. The summed E-state index contributed by atoms with van der Waals surface area (Å²) in [4.78, 5) is 0. The van der Waals surface area contributed by atoms with Crippen LogP contribution >= 0.6 is 23.2 Å². The molecule has 2 rings (SSSR count). The first kappa shape index (κ1) is 12.2. The maximum absolute atomic E-state index is 10.9. The minimum absolute atomic E-state index is 0.151. The molecule has 0 amide bonds. The van der Waals surface area contributed by atoms with Gasteiger partial charge in [-0.05, 0) is 42.9 Å². The fraction of sp³-hybridized carbons (Fsp3) is 0.538. The highest BCUT2D eigenvalue weighted by Crippen LogP contribution is 2.53. The zero-order chi connectivity index (χ0) is 12.0. The van der Waals surface area contributed by atoms with Gasteiger partial charge in [-0.25, -0.2) is 0 Å². The second kappa shape index (κ2) is 3.90. The van der Waals surface area contributed by atoms with Gasteiger partial charge in [-0.1, -0.05) is 37.0 Å². The third kappa shape index (κ3) is 1.75. The molecule has 0 saturated heterocycles. The monoisotopic (exact) mass is 258 g/mol. The molecular formula is C13H16Cl2O. The highest BCUT2D eigenvalue weighted by Gasteiger charge is 2.49. The molecule has 0 aromatic heterocycles. The molecule has 16 heavy (non-hydrogen) atoms. The van der Waals surface area contributed by atoms with Gasteiger partial charge in [0.25, 0.3) is 0 Å². The number of halogens is 2. The lowest BCUT2D eigenvalue weighted by Crippen LogP contribution is -2.37. The second-order valence-electron chi connectivity index (χ2n) is 5.22. The molecule has 3 heteroatoms. The van der Waals surface area contributed by atoms with E-state index in [2.05, 4.69) is 13.8 Å². The van der Waals surface area contributed by atoms with Crippen molar-refractivity contribution in [1.82, 2.24) is 0 Å². The van der Waals surface area contributed by atoms with Crippen LogP contribution in [0.2, 0.25) is 10.0 Å². The summed E-state index contributed by atoms with van der Waals surface area (Å²) < 4.78 is 0. The summed E-state index contributed by atoms with van der Waals surface area (Å²) in [6, 6.07) is 5.29. The van der Waals surface area contributed by atoms with Crippen LogP contribution in [0.1, 0.15) is 38.7 Å². The highest BCUT2D eigenvalue weighted by atomic mass is 35.5.